The number of aryl methyl sites for hydroxylation is 1. The van der Waals surface area contributed by atoms with E-state index in [4.69, 9.17) is 4.74 Å². The summed E-state index contributed by atoms with van der Waals surface area (Å²) in [5, 5.41) is 6.32. The molecule has 0 radical (unpaired) electrons. The highest BCUT2D eigenvalue weighted by Crippen LogP contribution is 2.23. The summed E-state index contributed by atoms with van der Waals surface area (Å²) >= 11 is 0. The van der Waals surface area contributed by atoms with Gasteiger partial charge in [-0.2, -0.15) is 9.50 Å². The standard InChI is InChI=1S/C21H21N5O2/c1-14-16(12-15-8-4-3-5-9-15)20(27)26-21(23-14)24-19(25-26)13-22-17-10-6-7-11-18(17)28-2/h3-11,22H,12-13H2,1-2H3,(H,23,24,25). The molecule has 0 saturated heterocycles. The van der Waals surface area contributed by atoms with Gasteiger partial charge in [-0.3, -0.25) is 9.89 Å². The van der Waals surface area contributed by atoms with Gasteiger partial charge >= 0.3 is 0 Å². The molecule has 0 spiro atoms. The summed E-state index contributed by atoms with van der Waals surface area (Å²) in [6.45, 7) is 2.26. The fourth-order valence-corrected chi connectivity index (χ4v) is 3.15. The third-order valence-electron chi connectivity index (χ3n) is 4.62. The van der Waals surface area contributed by atoms with Crippen LogP contribution >= 0.6 is 0 Å². The van der Waals surface area contributed by atoms with Crippen LogP contribution in [0.4, 0.5) is 5.69 Å². The number of benzene rings is 2. The van der Waals surface area contributed by atoms with Crippen LogP contribution < -0.4 is 15.6 Å². The van der Waals surface area contributed by atoms with Crippen molar-refractivity contribution >= 4 is 11.5 Å². The van der Waals surface area contributed by atoms with Crippen LogP contribution in [0.3, 0.4) is 0 Å². The molecule has 0 fully saturated rings. The van der Waals surface area contributed by atoms with Crippen molar-refractivity contribution in [3.05, 3.63) is 87.6 Å². The Morgan fingerprint density at radius 2 is 1.82 bits per heavy atom. The van der Waals surface area contributed by atoms with Crippen LogP contribution in [0.25, 0.3) is 5.78 Å². The molecule has 142 valence electrons. The Hall–Kier alpha value is -3.61. The van der Waals surface area contributed by atoms with Crippen LogP contribution in [0, 0.1) is 6.92 Å². The quantitative estimate of drug-likeness (QED) is 0.541. The second-order valence-corrected chi connectivity index (χ2v) is 6.50. The van der Waals surface area contributed by atoms with E-state index < -0.39 is 0 Å². The zero-order valence-corrected chi connectivity index (χ0v) is 15.8. The number of hydrogen-bond donors (Lipinski definition) is 2. The zero-order chi connectivity index (χ0) is 19.5. The van der Waals surface area contributed by atoms with Crippen LogP contribution in [0.2, 0.25) is 0 Å². The summed E-state index contributed by atoms with van der Waals surface area (Å²) in [6.07, 6.45) is 0.537. The number of fused-ring (bicyclic) bond motifs is 1. The van der Waals surface area contributed by atoms with Crippen molar-refractivity contribution in [1.29, 1.82) is 0 Å². The minimum atomic E-state index is -0.123. The summed E-state index contributed by atoms with van der Waals surface area (Å²) in [4.78, 5) is 21.9. The lowest BCUT2D eigenvalue weighted by Gasteiger charge is -2.09. The normalized spacial score (nSPS) is 10.9. The minimum absolute atomic E-state index is 0.123. The first-order valence-electron chi connectivity index (χ1n) is 9.03. The maximum Gasteiger partial charge on any atom is 0.277 e. The van der Waals surface area contributed by atoms with Gasteiger partial charge in [0.25, 0.3) is 11.3 Å². The summed E-state index contributed by atoms with van der Waals surface area (Å²) in [6, 6.07) is 17.5. The van der Waals surface area contributed by atoms with Gasteiger partial charge in [-0.05, 0) is 24.6 Å². The number of H-pyrrole nitrogens is 1. The minimum Gasteiger partial charge on any atom is -0.495 e. The average Bonchev–Trinajstić information content (AvgIpc) is 3.13. The molecule has 4 rings (SSSR count). The van der Waals surface area contributed by atoms with E-state index in [9.17, 15) is 4.79 Å². The highest BCUT2D eigenvalue weighted by atomic mass is 16.5. The fourth-order valence-electron chi connectivity index (χ4n) is 3.15. The Morgan fingerprint density at radius 3 is 2.61 bits per heavy atom. The number of aromatic amines is 1. The number of aromatic nitrogens is 4. The monoisotopic (exact) mass is 375 g/mol. The third-order valence-corrected chi connectivity index (χ3v) is 4.62. The largest absolute Gasteiger partial charge is 0.495 e. The highest BCUT2D eigenvalue weighted by Gasteiger charge is 2.14. The molecule has 7 heteroatoms. The van der Waals surface area contributed by atoms with Gasteiger partial charge in [-0.15, -0.1) is 0 Å². The second-order valence-electron chi connectivity index (χ2n) is 6.50. The summed E-state index contributed by atoms with van der Waals surface area (Å²) in [5.41, 5.74) is 3.16. The maximum atomic E-state index is 13.0. The van der Waals surface area contributed by atoms with E-state index in [1.54, 1.807) is 7.11 Å². The molecule has 2 heterocycles. The number of hydrogen-bond acceptors (Lipinski definition) is 5. The van der Waals surface area contributed by atoms with Crippen molar-refractivity contribution in [2.75, 3.05) is 12.4 Å². The van der Waals surface area contributed by atoms with Gasteiger partial charge in [0.05, 0.1) is 25.0 Å². The number of para-hydroxylation sites is 2. The molecule has 0 aliphatic carbocycles. The van der Waals surface area contributed by atoms with Gasteiger partial charge in [0.1, 0.15) is 11.6 Å². The Bertz CT molecular complexity index is 1160. The van der Waals surface area contributed by atoms with Crippen LogP contribution in [0.5, 0.6) is 5.75 Å². The van der Waals surface area contributed by atoms with E-state index in [1.807, 2.05) is 61.5 Å². The molecule has 0 bridgehead atoms. The molecule has 7 nitrogen and oxygen atoms in total. The van der Waals surface area contributed by atoms with Crippen molar-refractivity contribution in [3.63, 3.8) is 0 Å². The van der Waals surface area contributed by atoms with E-state index in [0.29, 0.717) is 35.8 Å². The third kappa shape index (κ3) is 3.46. The number of methoxy groups -OCH3 is 1. The van der Waals surface area contributed by atoms with Gasteiger partial charge in [0.2, 0.25) is 0 Å². The molecule has 2 N–H and O–H groups in total. The fraction of sp³-hybridized carbons (Fsp3) is 0.190. The molecule has 2 aromatic carbocycles. The number of nitrogens with zero attached hydrogens (tertiary/aromatic N) is 3. The Kier molecular flexibility index (Phi) is 4.80. The predicted molar refractivity (Wildman–Crippen MR) is 108 cm³/mol. The molecule has 2 aromatic heterocycles. The van der Waals surface area contributed by atoms with Crippen LogP contribution in [0.1, 0.15) is 22.6 Å². The van der Waals surface area contributed by atoms with Crippen LogP contribution in [0.15, 0.2) is 59.4 Å². The lowest BCUT2D eigenvalue weighted by Crippen LogP contribution is -2.22. The number of anilines is 1. The number of rotatable bonds is 6. The summed E-state index contributed by atoms with van der Waals surface area (Å²) in [7, 11) is 1.63. The topological polar surface area (TPSA) is 84.3 Å². The smallest absolute Gasteiger partial charge is 0.277 e. The molecule has 0 saturated carbocycles. The maximum absolute atomic E-state index is 13.0. The Morgan fingerprint density at radius 1 is 1.07 bits per heavy atom. The number of ether oxygens (including phenoxy) is 1. The molecule has 28 heavy (non-hydrogen) atoms. The van der Waals surface area contributed by atoms with E-state index in [1.165, 1.54) is 4.52 Å². The average molecular weight is 375 g/mol. The lowest BCUT2D eigenvalue weighted by atomic mass is 10.1. The SMILES string of the molecule is COc1ccccc1NCc1nc2nc(C)c(Cc3ccccc3)c(=O)n2[nH]1. The van der Waals surface area contributed by atoms with Crippen molar-refractivity contribution < 1.29 is 4.74 Å². The van der Waals surface area contributed by atoms with E-state index in [-0.39, 0.29) is 5.56 Å². The molecular formula is C21H21N5O2. The van der Waals surface area contributed by atoms with E-state index >= 15 is 0 Å². The van der Waals surface area contributed by atoms with Crippen molar-refractivity contribution in [2.24, 2.45) is 0 Å². The first-order chi connectivity index (χ1) is 13.7. The first kappa shape index (κ1) is 17.8. The molecule has 0 unspecified atom stereocenters. The summed E-state index contributed by atoms with van der Waals surface area (Å²) < 4.78 is 6.75. The molecule has 0 amide bonds. The molecule has 0 aliphatic rings. The number of nitrogens with one attached hydrogen (secondary N) is 2. The van der Waals surface area contributed by atoms with Gasteiger partial charge in [0, 0.05) is 12.0 Å². The van der Waals surface area contributed by atoms with Gasteiger partial charge in [-0.1, -0.05) is 42.5 Å². The van der Waals surface area contributed by atoms with Crippen LogP contribution in [-0.4, -0.2) is 26.7 Å². The molecule has 4 aromatic rings. The Labute approximate surface area is 162 Å². The molecule has 0 aliphatic heterocycles. The molecule has 0 atom stereocenters. The molecular weight excluding hydrogens is 354 g/mol. The van der Waals surface area contributed by atoms with Gasteiger partial charge in [-0.25, -0.2) is 4.98 Å². The van der Waals surface area contributed by atoms with E-state index in [2.05, 4.69) is 20.4 Å². The Balaban J connectivity index is 1.62. The highest BCUT2D eigenvalue weighted by molar-refractivity contribution is 5.56. The lowest BCUT2D eigenvalue weighted by molar-refractivity contribution is 0.416. The second kappa shape index (κ2) is 7.56. The van der Waals surface area contributed by atoms with E-state index in [0.717, 1.165) is 17.0 Å². The van der Waals surface area contributed by atoms with Crippen molar-refractivity contribution in [1.82, 2.24) is 19.6 Å². The first-order valence-corrected chi connectivity index (χ1v) is 9.03. The zero-order valence-electron chi connectivity index (χ0n) is 15.8. The van der Waals surface area contributed by atoms with Crippen molar-refractivity contribution in [2.45, 2.75) is 19.9 Å². The van der Waals surface area contributed by atoms with Gasteiger partial charge < -0.3 is 10.1 Å². The van der Waals surface area contributed by atoms with Crippen molar-refractivity contribution in [3.8, 4) is 5.75 Å². The van der Waals surface area contributed by atoms with Crippen LogP contribution in [-0.2, 0) is 13.0 Å². The summed E-state index contributed by atoms with van der Waals surface area (Å²) in [5.74, 6) is 1.73. The van der Waals surface area contributed by atoms with Gasteiger partial charge in [0.15, 0.2) is 0 Å². The predicted octanol–water partition coefficient (Wildman–Crippen LogP) is 2.94.